The van der Waals surface area contributed by atoms with E-state index in [0.29, 0.717) is 5.90 Å². The van der Waals surface area contributed by atoms with E-state index in [-0.39, 0.29) is 12.6 Å². The van der Waals surface area contributed by atoms with E-state index in [1.54, 1.807) is 11.3 Å². The fraction of sp³-hybridized carbons (Fsp3) is 0.182. The molecular formula is C22H19NO3S. The normalized spacial score (nSPS) is 18.6. The molecule has 5 heteroatoms. The summed E-state index contributed by atoms with van der Waals surface area (Å²) in [4.78, 5) is 19.5. The smallest absolute Gasteiger partial charge is 0.335 e. The zero-order valence-corrected chi connectivity index (χ0v) is 15.7. The third-order valence-electron chi connectivity index (χ3n) is 4.31. The second-order valence-electron chi connectivity index (χ2n) is 6.33. The molecule has 1 aliphatic rings. The lowest BCUT2D eigenvalue weighted by Crippen LogP contribution is -2.25. The van der Waals surface area contributed by atoms with Crippen LogP contribution in [0.1, 0.15) is 27.0 Å². The number of benzene rings is 2. The Kier molecular flexibility index (Phi) is 5.03. The standard InChI is InChI=1S/C22H19NO3S/c1-15-12-13-18(27-15)20-19(22(24)25-14-16-8-4-2-5-9-16)23-21(26-20)17-10-6-3-7-11-17/h2-13,19-20H,14H2,1H3. The summed E-state index contributed by atoms with van der Waals surface area (Å²) in [7, 11) is 0. The van der Waals surface area contributed by atoms with E-state index in [0.717, 1.165) is 20.9 Å². The summed E-state index contributed by atoms with van der Waals surface area (Å²) in [5, 5.41) is 0. The third kappa shape index (κ3) is 3.93. The number of thiophene rings is 1. The van der Waals surface area contributed by atoms with Crippen LogP contribution in [-0.2, 0) is 20.9 Å². The fourth-order valence-corrected chi connectivity index (χ4v) is 3.88. The highest BCUT2D eigenvalue weighted by Crippen LogP contribution is 2.35. The van der Waals surface area contributed by atoms with Gasteiger partial charge in [0.2, 0.25) is 5.90 Å². The number of hydrogen-bond donors (Lipinski definition) is 0. The molecule has 3 aromatic rings. The molecule has 0 amide bonds. The van der Waals surface area contributed by atoms with Crippen LogP contribution >= 0.6 is 11.3 Å². The van der Waals surface area contributed by atoms with Crippen LogP contribution in [0.4, 0.5) is 0 Å². The van der Waals surface area contributed by atoms with Gasteiger partial charge in [0.1, 0.15) is 6.61 Å². The second kappa shape index (κ2) is 7.76. The van der Waals surface area contributed by atoms with E-state index < -0.39 is 12.1 Å². The zero-order chi connectivity index (χ0) is 18.6. The van der Waals surface area contributed by atoms with E-state index in [1.165, 1.54) is 0 Å². The summed E-state index contributed by atoms with van der Waals surface area (Å²) < 4.78 is 11.6. The molecular weight excluding hydrogens is 358 g/mol. The average molecular weight is 377 g/mol. The van der Waals surface area contributed by atoms with Gasteiger partial charge in [-0.2, -0.15) is 0 Å². The van der Waals surface area contributed by atoms with Gasteiger partial charge in [-0.05, 0) is 36.8 Å². The Morgan fingerprint density at radius 1 is 1.04 bits per heavy atom. The van der Waals surface area contributed by atoms with E-state index in [2.05, 4.69) is 4.99 Å². The molecule has 0 spiro atoms. The molecule has 4 nitrogen and oxygen atoms in total. The van der Waals surface area contributed by atoms with Gasteiger partial charge in [-0.15, -0.1) is 11.3 Å². The fourth-order valence-electron chi connectivity index (χ4n) is 2.94. The van der Waals surface area contributed by atoms with Gasteiger partial charge in [0.15, 0.2) is 12.1 Å². The number of esters is 1. The Bertz CT molecular complexity index is 950. The topological polar surface area (TPSA) is 47.9 Å². The number of aryl methyl sites for hydroxylation is 1. The van der Waals surface area contributed by atoms with Gasteiger partial charge >= 0.3 is 5.97 Å². The Balaban J connectivity index is 1.57. The molecule has 2 aromatic carbocycles. The Morgan fingerprint density at radius 3 is 2.41 bits per heavy atom. The number of hydrogen-bond acceptors (Lipinski definition) is 5. The number of ether oxygens (including phenoxy) is 2. The van der Waals surface area contributed by atoms with Crippen LogP contribution in [0.2, 0.25) is 0 Å². The van der Waals surface area contributed by atoms with E-state index >= 15 is 0 Å². The average Bonchev–Trinajstić information content (AvgIpc) is 3.34. The highest BCUT2D eigenvalue weighted by atomic mass is 32.1. The molecule has 136 valence electrons. The van der Waals surface area contributed by atoms with Crippen molar-refractivity contribution in [3.8, 4) is 0 Å². The molecule has 0 saturated heterocycles. The molecule has 1 aliphatic heterocycles. The molecule has 2 atom stereocenters. The van der Waals surface area contributed by atoms with Gasteiger partial charge in [-0.3, -0.25) is 0 Å². The minimum Gasteiger partial charge on any atom is -0.465 e. The monoisotopic (exact) mass is 377 g/mol. The maximum atomic E-state index is 12.8. The zero-order valence-electron chi connectivity index (χ0n) is 14.9. The minimum absolute atomic E-state index is 0.225. The molecule has 0 radical (unpaired) electrons. The summed E-state index contributed by atoms with van der Waals surface area (Å²) in [5.74, 6) is 0.106. The molecule has 1 aromatic heterocycles. The van der Waals surface area contributed by atoms with Gasteiger partial charge in [0.05, 0.1) is 0 Å². The Morgan fingerprint density at radius 2 is 1.74 bits per heavy atom. The van der Waals surface area contributed by atoms with Crippen molar-refractivity contribution in [2.24, 2.45) is 4.99 Å². The van der Waals surface area contributed by atoms with Crippen molar-refractivity contribution in [2.75, 3.05) is 0 Å². The Hall–Kier alpha value is -2.92. The van der Waals surface area contributed by atoms with Crippen molar-refractivity contribution in [2.45, 2.75) is 25.7 Å². The highest BCUT2D eigenvalue weighted by molar-refractivity contribution is 7.12. The molecule has 0 bridgehead atoms. The van der Waals surface area contributed by atoms with E-state index in [1.807, 2.05) is 79.7 Å². The van der Waals surface area contributed by atoms with E-state index in [4.69, 9.17) is 9.47 Å². The van der Waals surface area contributed by atoms with Crippen molar-refractivity contribution in [1.29, 1.82) is 0 Å². The van der Waals surface area contributed by atoms with Crippen LogP contribution in [0.5, 0.6) is 0 Å². The molecule has 27 heavy (non-hydrogen) atoms. The largest absolute Gasteiger partial charge is 0.465 e. The summed E-state index contributed by atoms with van der Waals surface area (Å²) in [5.41, 5.74) is 1.80. The van der Waals surface area contributed by atoms with Crippen LogP contribution in [0.25, 0.3) is 0 Å². The van der Waals surface area contributed by atoms with Gasteiger partial charge < -0.3 is 9.47 Å². The van der Waals surface area contributed by atoms with Crippen molar-refractivity contribution in [1.82, 2.24) is 0 Å². The van der Waals surface area contributed by atoms with Crippen molar-refractivity contribution in [3.63, 3.8) is 0 Å². The first-order valence-corrected chi connectivity index (χ1v) is 9.59. The van der Waals surface area contributed by atoms with Crippen molar-refractivity contribution >= 4 is 23.2 Å². The quantitative estimate of drug-likeness (QED) is 0.606. The molecule has 0 fully saturated rings. The maximum Gasteiger partial charge on any atom is 0.335 e. The molecule has 0 saturated carbocycles. The number of rotatable bonds is 5. The Labute approximate surface area is 162 Å². The number of carbonyl (C=O) groups is 1. The van der Waals surface area contributed by atoms with Crippen molar-refractivity contribution < 1.29 is 14.3 Å². The van der Waals surface area contributed by atoms with Crippen LogP contribution < -0.4 is 0 Å². The second-order valence-corrected chi connectivity index (χ2v) is 7.64. The molecule has 0 N–H and O–H groups in total. The maximum absolute atomic E-state index is 12.8. The van der Waals surface area contributed by atoms with Crippen LogP contribution in [0.15, 0.2) is 77.8 Å². The summed E-state index contributed by atoms with van der Waals surface area (Å²) in [6.45, 7) is 2.26. The SMILES string of the molecule is Cc1ccc(C2OC(c3ccccc3)=NC2C(=O)OCc2ccccc2)s1. The first kappa shape index (κ1) is 17.5. The molecule has 2 heterocycles. The minimum atomic E-state index is -0.707. The highest BCUT2D eigenvalue weighted by Gasteiger charge is 2.40. The van der Waals surface area contributed by atoms with E-state index in [9.17, 15) is 4.79 Å². The molecule has 0 aliphatic carbocycles. The van der Waals surface area contributed by atoms with Gasteiger partial charge in [0.25, 0.3) is 0 Å². The predicted molar refractivity (Wildman–Crippen MR) is 106 cm³/mol. The number of aliphatic imine (C=N–C) groups is 1. The first-order valence-electron chi connectivity index (χ1n) is 8.77. The molecule has 4 rings (SSSR count). The van der Waals surface area contributed by atoms with Gasteiger partial charge in [-0.1, -0.05) is 48.5 Å². The van der Waals surface area contributed by atoms with Crippen LogP contribution in [0.3, 0.4) is 0 Å². The predicted octanol–water partition coefficient (Wildman–Crippen LogP) is 4.69. The van der Waals surface area contributed by atoms with Gasteiger partial charge in [0, 0.05) is 15.3 Å². The summed E-state index contributed by atoms with van der Waals surface area (Å²) >= 11 is 1.61. The lowest BCUT2D eigenvalue weighted by atomic mass is 10.1. The third-order valence-corrected chi connectivity index (χ3v) is 5.37. The lowest BCUT2D eigenvalue weighted by Gasteiger charge is -2.15. The molecule has 2 unspecified atom stereocenters. The van der Waals surface area contributed by atoms with Gasteiger partial charge in [-0.25, -0.2) is 9.79 Å². The first-order chi connectivity index (χ1) is 13.2. The van der Waals surface area contributed by atoms with Crippen molar-refractivity contribution in [3.05, 3.63) is 93.7 Å². The number of nitrogens with zero attached hydrogens (tertiary/aromatic N) is 1. The lowest BCUT2D eigenvalue weighted by molar-refractivity contribution is -0.148. The number of carbonyl (C=O) groups excluding carboxylic acids is 1. The van der Waals surface area contributed by atoms with Crippen LogP contribution in [0, 0.1) is 6.92 Å². The summed E-state index contributed by atoms with van der Waals surface area (Å²) in [6, 6.07) is 22.6. The summed E-state index contributed by atoms with van der Waals surface area (Å²) in [6.07, 6.45) is -0.456. The van der Waals surface area contributed by atoms with Crippen LogP contribution in [-0.4, -0.2) is 17.9 Å².